The number of hydrogen-bond acceptors (Lipinski definition) is 5. The molecule has 0 aromatic carbocycles. The van der Waals surface area contributed by atoms with Gasteiger partial charge in [0.05, 0.1) is 0 Å². The Morgan fingerprint density at radius 2 is 2.16 bits per heavy atom. The van der Waals surface area contributed by atoms with Gasteiger partial charge in [0.2, 0.25) is 0 Å². The average molecular weight is 270 g/mol. The van der Waals surface area contributed by atoms with Crippen molar-refractivity contribution >= 4 is 35.2 Å². The summed E-state index contributed by atoms with van der Waals surface area (Å²) in [5.74, 6) is 0.318. The summed E-state index contributed by atoms with van der Waals surface area (Å²) in [4.78, 5) is 16.4. The van der Waals surface area contributed by atoms with Gasteiger partial charge in [-0.1, -0.05) is 6.07 Å². The van der Waals surface area contributed by atoms with E-state index < -0.39 is 0 Å². The molecular formula is C10H11N6NaO2. The summed E-state index contributed by atoms with van der Waals surface area (Å²) in [6, 6.07) is 3.70. The number of H-pyrrole nitrogens is 1. The normalized spacial score (nSPS) is 9.74. The molecule has 0 aliphatic heterocycles. The molecule has 0 aliphatic rings. The maximum atomic E-state index is 12.2. The van der Waals surface area contributed by atoms with Gasteiger partial charge in [0.15, 0.2) is 5.82 Å². The first-order valence-electron chi connectivity index (χ1n) is 4.98. The molecule has 0 saturated carbocycles. The zero-order chi connectivity index (χ0) is 11.8. The number of nitrogens with zero attached hydrogens (tertiary/aromatic N) is 5. The van der Waals surface area contributed by atoms with E-state index in [0.29, 0.717) is 17.0 Å². The first kappa shape index (κ1) is 15.4. The first-order chi connectivity index (χ1) is 8.27. The van der Waals surface area contributed by atoms with Crippen LogP contribution in [-0.4, -0.2) is 65.0 Å². The number of rotatable bonds is 1. The van der Waals surface area contributed by atoms with Crippen molar-refractivity contribution < 1.29 is 5.48 Å². The topological polar surface area (TPSA) is 120 Å². The summed E-state index contributed by atoms with van der Waals surface area (Å²) in [7, 11) is 0. The third kappa shape index (κ3) is 2.56. The van der Waals surface area contributed by atoms with E-state index in [4.69, 9.17) is 0 Å². The van der Waals surface area contributed by atoms with E-state index in [1.165, 1.54) is 10.6 Å². The van der Waals surface area contributed by atoms with Gasteiger partial charge >= 0.3 is 29.6 Å². The Morgan fingerprint density at radius 3 is 2.84 bits per heavy atom. The van der Waals surface area contributed by atoms with E-state index in [-0.39, 0.29) is 40.6 Å². The molecule has 19 heavy (non-hydrogen) atoms. The van der Waals surface area contributed by atoms with Gasteiger partial charge in [-0.05, 0) is 29.0 Å². The van der Waals surface area contributed by atoms with Crippen LogP contribution >= 0.6 is 0 Å². The molecule has 3 aromatic heterocycles. The quantitative estimate of drug-likeness (QED) is 0.551. The van der Waals surface area contributed by atoms with E-state index >= 15 is 0 Å². The molecule has 0 aliphatic carbocycles. The fourth-order valence-electron chi connectivity index (χ4n) is 1.68. The van der Waals surface area contributed by atoms with Crippen molar-refractivity contribution in [1.29, 1.82) is 0 Å². The summed E-state index contributed by atoms with van der Waals surface area (Å²) in [5, 5.41) is 13.1. The van der Waals surface area contributed by atoms with Crippen LogP contribution in [0.15, 0.2) is 29.3 Å². The van der Waals surface area contributed by atoms with Crippen molar-refractivity contribution in [3.05, 3.63) is 40.4 Å². The number of pyridine rings is 1. The Hall–Kier alpha value is -1.61. The van der Waals surface area contributed by atoms with Gasteiger partial charge in [0, 0.05) is 12.4 Å². The van der Waals surface area contributed by atoms with Crippen molar-refractivity contribution in [2.75, 3.05) is 0 Å². The fraction of sp³-hybridized carbons (Fsp3) is 0.100. The molecule has 3 aromatic rings. The van der Waals surface area contributed by atoms with Gasteiger partial charge in [-0.25, -0.2) is 10.1 Å². The Kier molecular flexibility index (Phi) is 4.90. The molecule has 0 spiro atoms. The van der Waals surface area contributed by atoms with Crippen LogP contribution < -0.4 is 5.56 Å². The summed E-state index contributed by atoms with van der Waals surface area (Å²) >= 11 is 0. The molecule has 0 saturated heterocycles. The third-order valence-electron chi connectivity index (χ3n) is 2.53. The molecular weight excluding hydrogens is 259 g/mol. The average Bonchev–Trinajstić information content (AvgIpc) is 2.84. The predicted molar refractivity (Wildman–Crippen MR) is 70.1 cm³/mol. The number of aryl methyl sites for hydroxylation is 1. The summed E-state index contributed by atoms with van der Waals surface area (Å²) in [6.07, 6.45) is 3.15. The third-order valence-corrected chi connectivity index (χ3v) is 2.53. The maximum absolute atomic E-state index is 12.2. The number of aromatic amines is 1. The molecule has 0 unspecified atom stereocenters. The molecule has 0 fully saturated rings. The SMILES string of the molecule is Cc1cccn2c(=O)c(-c3nnn[nH]3)cnc12.O.[NaH]. The Labute approximate surface area is 129 Å². The molecule has 3 heterocycles. The fourth-order valence-corrected chi connectivity index (χ4v) is 1.68. The monoisotopic (exact) mass is 270 g/mol. The van der Waals surface area contributed by atoms with Crippen LogP contribution in [0.1, 0.15) is 5.56 Å². The molecule has 0 bridgehead atoms. The Balaban J connectivity index is 0.000000902. The van der Waals surface area contributed by atoms with E-state index in [1.54, 1.807) is 12.3 Å². The minimum atomic E-state index is -0.197. The summed E-state index contributed by atoms with van der Waals surface area (Å²) < 4.78 is 1.48. The molecule has 3 rings (SSSR count). The molecule has 9 heteroatoms. The molecule has 3 N–H and O–H groups in total. The van der Waals surface area contributed by atoms with Crippen molar-refractivity contribution in [1.82, 2.24) is 30.0 Å². The van der Waals surface area contributed by atoms with Crippen LogP contribution in [0.2, 0.25) is 0 Å². The van der Waals surface area contributed by atoms with Crippen LogP contribution in [0.5, 0.6) is 0 Å². The van der Waals surface area contributed by atoms with E-state index in [9.17, 15) is 4.79 Å². The van der Waals surface area contributed by atoms with Gasteiger partial charge in [-0.2, -0.15) is 0 Å². The van der Waals surface area contributed by atoms with Gasteiger partial charge in [-0.3, -0.25) is 9.20 Å². The van der Waals surface area contributed by atoms with E-state index in [0.717, 1.165) is 5.56 Å². The Bertz CT molecular complexity index is 739. The van der Waals surface area contributed by atoms with Crippen molar-refractivity contribution in [3.63, 3.8) is 0 Å². The van der Waals surface area contributed by atoms with E-state index in [2.05, 4.69) is 25.6 Å². The van der Waals surface area contributed by atoms with Crippen molar-refractivity contribution in [2.24, 2.45) is 0 Å². The predicted octanol–water partition coefficient (Wildman–Crippen LogP) is -1.29. The standard InChI is InChI=1S/C10H8N6O.Na.H2O.H/c1-6-3-2-4-16-9(6)11-5-7(10(16)17)8-12-14-15-13-8;;;/h2-5H,1H3,(H,12,13,14,15);;1H2;. The molecule has 0 amide bonds. The summed E-state index contributed by atoms with van der Waals surface area (Å²) in [6.45, 7) is 1.90. The molecule has 94 valence electrons. The van der Waals surface area contributed by atoms with Gasteiger partial charge < -0.3 is 5.48 Å². The van der Waals surface area contributed by atoms with Gasteiger partial charge in [0.1, 0.15) is 11.2 Å². The summed E-state index contributed by atoms with van der Waals surface area (Å²) in [5.41, 5.74) is 1.72. The Morgan fingerprint density at radius 1 is 1.37 bits per heavy atom. The minimum absolute atomic E-state index is 0. The van der Waals surface area contributed by atoms with Crippen molar-refractivity contribution in [2.45, 2.75) is 6.92 Å². The second-order valence-corrected chi connectivity index (χ2v) is 3.61. The first-order valence-corrected chi connectivity index (χ1v) is 4.98. The molecule has 0 atom stereocenters. The van der Waals surface area contributed by atoms with Crippen LogP contribution in [-0.2, 0) is 0 Å². The zero-order valence-corrected chi connectivity index (χ0v) is 9.45. The van der Waals surface area contributed by atoms with Gasteiger partial charge in [0.25, 0.3) is 5.56 Å². The second-order valence-electron chi connectivity index (χ2n) is 3.61. The van der Waals surface area contributed by atoms with E-state index in [1.807, 2.05) is 13.0 Å². The van der Waals surface area contributed by atoms with Crippen molar-refractivity contribution in [3.8, 4) is 11.4 Å². The number of fused-ring (bicyclic) bond motifs is 1. The number of hydrogen-bond donors (Lipinski definition) is 1. The van der Waals surface area contributed by atoms with Crippen LogP contribution in [0.3, 0.4) is 0 Å². The zero-order valence-electron chi connectivity index (χ0n) is 9.45. The molecule has 8 nitrogen and oxygen atoms in total. The number of aromatic nitrogens is 6. The van der Waals surface area contributed by atoms with Crippen LogP contribution in [0.25, 0.3) is 17.0 Å². The number of tetrazole rings is 1. The van der Waals surface area contributed by atoms with Crippen LogP contribution in [0, 0.1) is 6.92 Å². The van der Waals surface area contributed by atoms with Crippen LogP contribution in [0.4, 0.5) is 0 Å². The molecule has 0 radical (unpaired) electrons. The van der Waals surface area contributed by atoms with Gasteiger partial charge in [-0.15, -0.1) is 5.10 Å². The second kappa shape index (κ2) is 6.02. The number of nitrogens with one attached hydrogen (secondary N) is 1.